The van der Waals surface area contributed by atoms with E-state index in [1.54, 1.807) is 0 Å². The van der Waals surface area contributed by atoms with Crippen LogP contribution < -0.4 is 5.32 Å². The maximum absolute atomic E-state index is 14.2. The molecule has 1 heterocycles. The van der Waals surface area contributed by atoms with Crippen LogP contribution >= 0.6 is 11.6 Å². The third-order valence-electron chi connectivity index (χ3n) is 5.06. The summed E-state index contributed by atoms with van der Waals surface area (Å²) in [5, 5.41) is 6.76. The second kappa shape index (κ2) is 8.73. The number of nitrogens with one attached hydrogen (secondary N) is 1. The van der Waals surface area contributed by atoms with E-state index in [0.717, 1.165) is 25.7 Å². The fraction of sp³-hybridized carbons (Fsp3) is 0.450. The average Bonchev–Trinajstić information content (AvgIpc) is 3.03. The monoisotopic (exact) mass is 408 g/mol. The van der Waals surface area contributed by atoms with Crippen LogP contribution in [-0.4, -0.2) is 29.7 Å². The van der Waals surface area contributed by atoms with Crippen LogP contribution in [-0.2, 0) is 9.53 Å². The van der Waals surface area contributed by atoms with Gasteiger partial charge in [0.25, 0.3) is 5.91 Å². The largest absolute Gasteiger partial charge is 0.452 e. The van der Waals surface area contributed by atoms with Crippen LogP contribution in [0.2, 0.25) is 5.02 Å². The lowest BCUT2D eigenvalue weighted by Gasteiger charge is -2.29. The van der Waals surface area contributed by atoms with Gasteiger partial charge in [-0.2, -0.15) is 0 Å². The number of aryl methyl sites for hydroxylation is 1. The molecule has 1 aliphatic carbocycles. The molecule has 0 radical (unpaired) electrons. The molecule has 0 bridgehead atoms. The van der Waals surface area contributed by atoms with Gasteiger partial charge in [0.2, 0.25) is 0 Å². The van der Waals surface area contributed by atoms with E-state index in [1.165, 1.54) is 25.1 Å². The molecule has 0 saturated heterocycles. The number of aromatic nitrogens is 1. The molecule has 1 aliphatic rings. The van der Waals surface area contributed by atoms with E-state index in [2.05, 4.69) is 17.4 Å². The van der Waals surface area contributed by atoms with Gasteiger partial charge in [0.15, 0.2) is 6.61 Å². The molecule has 2 aromatic rings. The number of halogens is 2. The van der Waals surface area contributed by atoms with Gasteiger partial charge in [-0.05, 0) is 37.8 Å². The highest BCUT2D eigenvalue weighted by Crippen LogP contribution is 2.33. The molecule has 1 N–H and O–H groups in total. The molecule has 1 aromatic carbocycles. The molecule has 0 aliphatic heterocycles. The van der Waals surface area contributed by atoms with Crippen molar-refractivity contribution < 1.29 is 23.2 Å². The normalized spacial score (nSPS) is 19.3. The Morgan fingerprint density at radius 3 is 2.82 bits per heavy atom. The minimum absolute atomic E-state index is 0.0477. The van der Waals surface area contributed by atoms with Gasteiger partial charge in [0.1, 0.15) is 22.8 Å². The lowest BCUT2D eigenvalue weighted by Crippen LogP contribution is -2.42. The predicted molar refractivity (Wildman–Crippen MR) is 101 cm³/mol. The topological polar surface area (TPSA) is 81.4 Å². The first-order chi connectivity index (χ1) is 13.4. The van der Waals surface area contributed by atoms with Gasteiger partial charge in [-0.15, -0.1) is 0 Å². The number of benzene rings is 1. The maximum atomic E-state index is 14.2. The van der Waals surface area contributed by atoms with Gasteiger partial charge in [0.05, 0.1) is 10.6 Å². The molecule has 2 unspecified atom stereocenters. The summed E-state index contributed by atoms with van der Waals surface area (Å²) in [6.45, 7) is 3.17. The van der Waals surface area contributed by atoms with E-state index in [1.807, 2.05) is 0 Å². The van der Waals surface area contributed by atoms with Crippen molar-refractivity contribution in [3.63, 3.8) is 0 Å². The van der Waals surface area contributed by atoms with E-state index >= 15 is 0 Å². The highest BCUT2D eigenvalue weighted by Gasteiger charge is 2.28. The van der Waals surface area contributed by atoms with Crippen LogP contribution in [0.3, 0.4) is 0 Å². The Morgan fingerprint density at radius 1 is 1.36 bits per heavy atom. The zero-order valence-corrected chi connectivity index (χ0v) is 16.5. The first-order valence-corrected chi connectivity index (χ1v) is 9.63. The number of esters is 1. The fourth-order valence-corrected chi connectivity index (χ4v) is 3.74. The molecule has 150 valence electrons. The van der Waals surface area contributed by atoms with Crippen molar-refractivity contribution in [1.82, 2.24) is 10.5 Å². The molecule has 1 aromatic heterocycles. The molecule has 8 heteroatoms. The Morgan fingerprint density at radius 2 is 2.11 bits per heavy atom. The zero-order valence-electron chi connectivity index (χ0n) is 15.8. The number of nitrogens with zero attached hydrogens (tertiary/aromatic N) is 1. The quantitative estimate of drug-likeness (QED) is 0.746. The van der Waals surface area contributed by atoms with E-state index < -0.39 is 18.4 Å². The molecular weight excluding hydrogens is 387 g/mol. The highest BCUT2D eigenvalue weighted by atomic mass is 35.5. The standard InChI is InChI=1S/C20H22ClFN2O4/c1-11-6-3-4-9-15(11)23-16(25)10-27-20(26)17-12(2)28-24-19(17)18-13(21)7-5-8-14(18)22/h5,7-8,11,15H,3-4,6,9-10H2,1-2H3,(H,23,25). The summed E-state index contributed by atoms with van der Waals surface area (Å²) >= 11 is 6.06. The predicted octanol–water partition coefficient (Wildman–Crippen LogP) is 4.29. The second-order valence-corrected chi connectivity index (χ2v) is 7.48. The smallest absolute Gasteiger partial charge is 0.344 e. The van der Waals surface area contributed by atoms with Crippen molar-refractivity contribution in [2.24, 2.45) is 5.92 Å². The zero-order chi connectivity index (χ0) is 20.3. The van der Waals surface area contributed by atoms with Gasteiger partial charge in [-0.1, -0.05) is 42.6 Å². The SMILES string of the molecule is Cc1onc(-c2c(F)cccc2Cl)c1C(=O)OCC(=O)NC1CCCCC1C. The third kappa shape index (κ3) is 4.35. The molecule has 1 saturated carbocycles. The van der Waals surface area contributed by atoms with Crippen molar-refractivity contribution in [3.05, 3.63) is 40.4 Å². The van der Waals surface area contributed by atoms with Crippen molar-refractivity contribution in [2.75, 3.05) is 6.61 Å². The van der Waals surface area contributed by atoms with Crippen LogP contribution in [0.5, 0.6) is 0 Å². The lowest BCUT2D eigenvalue weighted by molar-refractivity contribution is -0.125. The van der Waals surface area contributed by atoms with Crippen LogP contribution in [0.15, 0.2) is 22.7 Å². The summed E-state index contributed by atoms with van der Waals surface area (Å²) in [6.07, 6.45) is 4.22. The summed E-state index contributed by atoms with van der Waals surface area (Å²) in [5.41, 5.74) is -0.147. The lowest BCUT2D eigenvalue weighted by atomic mass is 9.86. The first-order valence-electron chi connectivity index (χ1n) is 9.25. The Labute approximate surface area is 167 Å². The number of carbonyl (C=O) groups excluding carboxylic acids is 2. The van der Waals surface area contributed by atoms with Crippen molar-refractivity contribution in [2.45, 2.75) is 45.6 Å². The summed E-state index contributed by atoms with van der Waals surface area (Å²) in [6, 6.07) is 4.23. The molecule has 28 heavy (non-hydrogen) atoms. The number of ether oxygens (including phenoxy) is 1. The molecule has 6 nitrogen and oxygen atoms in total. The van der Waals surface area contributed by atoms with E-state index in [-0.39, 0.29) is 39.6 Å². The van der Waals surface area contributed by atoms with E-state index in [9.17, 15) is 14.0 Å². The van der Waals surface area contributed by atoms with Crippen LogP contribution in [0.1, 0.15) is 48.7 Å². The number of hydrogen-bond donors (Lipinski definition) is 1. The van der Waals surface area contributed by atoms with Gasteiger partial charge in [-0.3, -0.25) is 4.79 Å². The van der Waals surface area contributed by atoms with Crippen LogP contribution in [0.25, 0.3) is 11.3 Å². The van der Waals surface area contributed by atoms with Gasteiger partial charge in [-0.25, -0.2) is 9.18 Å². The van der Waals surface area contributed by atoms with Crippen molar-refractivity contribution in [1.29, 1.82) is 0 Å². The Bertz CT molecular complexity index is 863. The molecule has 1 amide bonds. The fourth-order valence-electron chi connectivity index (χ4n) is 3.49. The van der Waals surface area contributed by atoms with E-state index in [0.29, 0.717) is 5.92 Å². The van der Waals surface area contributed by atoms with Gasteiger partial charge in [0, 0.05) is 6.04 Å². The second-order valence-electron chi connectivity index (χ2n) is 7.07. The Balaban J connectivity index is 1.70. The molecule has 0 spiro atoms. The first kappa shape index (κ1) is 20.3. The summed E-state index contributed by atoms with van der Waals surface area (Å²) < 4.78 is 24.4. The number of amides is 1. The molecule has 3 rings (SSSR count). The third-order valence-corrected chi connectivity index (χ3v) is 5.37. The van der Waals surface area contributed by atoms with Gasteiger partial charge >= 0.3 is 5.97 Å². The molecule has 1 fully saturated rings. The number of carbonyl (C=O) groups is 2. The number of hydrogen-bond acceptors (Lipinski definition) is 5. The van der Waals surface area contributed by atoms with Crippen molar-refractivity contribution in [3.8, 4) is 11.3 Å². The highest BCUT2D eigenvalue weighted by molar-refractivity contribution is 6.33. The van der Waals surface area contributed by atoms with E-state index in [4.69, 9.17) is 20.9 Å². The number of rotatable bonds is 5. The summed E-state index contributed by atoms with van der Waals surface area (Å²) in [5.74, 6) is -1.28. The summed E-state index contributed by atoms with van der Waals surface area (Å²) in [7, 11) is 0. The average molecular weight is 409 g/mol. The molecular formula is C20H22ClFN2O4. The van der Waals surface area contributed by atoms with Crippen LogP contribution in [0, 0.1) is 18.7 Å². The van der Waals surface area contributed by atoms with Crippen LogP contribution in [0.4, 0.5) is 4.39 Å². The van der Waals surface area contributed by atoms with Crippen molar-refractivity contribution >= 4 is 23.5 Å². The minimum atomic E-state index is -0.820. The van der Waals surface area contributed by atoms with Gasteiger partial charge < -0.3 is 14.6 Å². The minimum Gasteiger partial charge on any atom is -0.452 e. The maximum Gasteiger partial charge on any atom is 0.344 e. The Kier molecular flexibility index (Phi) is 6.34. The Hall–Kier alpha value is -2.41. The molecule has 2 atom stereocenters. The summed E-state index contributed by atoms with van der Waals surface area (Å²) in [4.78, 5) is 24.7.